The van der Waals surface area contributed by atoms with Crippen molar-refractivity contribution in [1.82, 2.24) is 24.6 Å². The molecule has 0 radical (unpaired) electrons. The van der Waals surface area contributed by atoms with Crippen molar-refractivity contribution >= 4 is 15.7 Å². The molecule has 0 unspecified atom stereocenters. The molecular formula is C26H35N5O5S. The molecule has 1 amide bonds. The summed E-state index contributed by atoms with van der Waals surface area (Å²) < 4.78 is 39.3. The van der Waals surface area contributed by atoms with Gasteiger partial charge in [0.1, 0.15) is 0 Å². The lowest BCUT2D eigenvalue weighted by Crippen LogP contribution is -2.41. The quantitative estimate of drug-likeness (QED) is 0.580. The average molecular weight is 530 g/mol. The maximum absolute atomic E-state index is 13.6. The third kappa shape index (κ3) is 4.94. The number of piperidine rings is 1. The van der Waals surface area contributed by atoms with Gasteiger partial charge in [0.15, 0.2) is 10.7 Å². The number of carbonyl (C=O) groups excluding carboxylic acids is 1. The summed E-state index contributed by atoms with van der Waals surface area (Å²) in [5.41, 5.74) is 2.06. The molecule has 2 aromatic rings. The number of pyridine rings is 1. The number of ether oxygens (including phenoxy) is 2. The first kappa shape index (κ1) is 25.0. The van der Waals surface area contributed by atoms with E-state index in [-0.39, 0.29) is 28.4 Å². The lowest BCUT2D eigenvalue weighted by molar-refractivity contribution is 0.0297. The van der Waals surface area contributed by atoms with Gasteiger partial charge in [0, 0.05) is 50.2 Å². The number of fused-ring (bicyclic) bond motifs is 3. The Bertz CT molecular complexity index is 1250. The number of sulfone groups is 1. The topological polar surface area (TPSA) is 107 Å². The fraction of sp³-hybridized carbons (Fsp3) is 0.654. The van der Waals surface area contributed by atoms with Crippen LogP contribution in [0.3, 0.4) is 0 Å². The van der Waals surface area contributed by atoms with Crippen molar-refractivity contribution in [3.05, 3.63) is 29.6 Å². The lowest BCUT2D eigenvalue weighted by atomic mass is 9.95. The third-order valence-electron chi connectivity index (χ3n) is 8.19. The monoisotopic (exact) mass is 529 g/mol. The second-order valence-corrected chi connectivity index (χ2v) is 12.5. The highest BCUT2D eigenvalue weighted by Crippen LogP contribution is 2.41. The van der Waals surface area contributed by atoms with Crippen LogP contribution in [0.25, 0.3) is 11.3 Å². The SMILES string of the molecule is O=C(c1nn([C@H]2CCCN(CCC3CCOCC3)C2)c2c1CS(=O)(=O)c1ncccc1-2)N1CCOCC1. The summed E-state index contributed by atoms with van der Waals surface area (Å²) in [5.74, 6) is 0.248. The Balaban J connectivity index is 1.33. The molecule has 0 aromatic carbocycles. The molecule has 4 aliphatic heterocycles. The van der Waals surface area contributed by atoms with Gasteiger partial charge in [-0.2, -0.15) is 5.10 Å². The fourth-order valence-electron chi connectivity index (χ4n) is 6.15. The number of aromatic nitrogens is 3. The van der Waals surface area contributed by atoms with Crippen molar-refractivity contribution in [2.75, 3.05) is 59.2 Å². The molecule has 11 heteroatoms. The summed E-state index contributed by atoms with van der Waals surface area (Å²) in [6, 6.07) is 3.62. The van der Waals surface area contributed by atoms with E-state index in [1.807, 2.05) is 4.68 Å². The third-order valence-corrected chi connectivity index (χ3v) is 9.77. The zero-order valence-electron chi connectivity index (χ0n) is 21.2. The molecule has 0 bridgehead atoms. The van der Waals surface area contributed by atoms with Crippen LogP contribution < -0.4 is 0 Å². The number of likely N-dealkylation sites (tertiary alicyclic amines) is 1. The van der Waals surface area contributed by atoms with E-state index >= 15 is 0 Å². The summed E-state index contributed by atoms with van der Waals surface area (Å²) in [6.45, 7) is 6.57. The molecule has 2 aromatic heterocycles. The number of morpholine rings is 1. The predicted molar refractivity (Wildman–Crippen MR) is 136 cm³/mol. The maximum Gasteiger partial charge on any atom is 0.274 e. The minimum Gasteiger partial charge on any atom is -0.381 e. The molecule has 1 atom stereocenters. The standard InChI is InChI=1S/C26H35N5O5S/c32-26(30-11-15-36-16-12-30)23-22-18-37(33,34)25-21(4-1-8-27-25)24(22)31(28-23)20-3-2-9-29(17-20)10-5-19-6-13-35-14-7-19/h1,4,8,19-20H,2-3,5-7,9-18H2/t20-/m0/s1. The molecule has 0 spiro atoms. The Morgan fingerprint density at radius 1 is 1.05 bits per heavy atom. The van der Waals surface area contributed by atoms with Crippen LogP contribution in [0.1, 0.15) is 54.2 Å². The lowest BCUT2D eigenvalue weighted by Gasteiger charge is -2.35. The normalized spacial score (nSPS) is 24.4. The van der Waals surface area contributed by atoms with Gasteiger partial charge in [-0.1, -0.05) is 0 Å². The molecule has 37 heavy (non-hydrogen) atoms. The summed E-state index contributed by atoms with van der Waals surface area (Å²) in [5, 5.41) is 4.97. The average Bonchev–Trinajstić information content (AvgIpc) is 3.31. The largest absolute Gasteiger partial charge is 0.381 e. The van der Waals surface area contributed by atoms with Crippen molar-refractivity contribution in [2.24, 2.45) is 5.92 Å². The van der Waals surface area contributed by atoms with Crippen LogP contribution in [-0.2, 0) is 25.1 Å². The summed E-state index contributed by atoms with van der Waals surface area (Å²) in [6.07, 6.45) is 6.93. The molecule has 3 fully saturated rings. The van der Waals surface area contributed by atoms with E-state index in [1.165, 1.54) is 12.6 Å². The Kier molecular flexibility index (Phi) is 7.04. The van der Waals surface area contributed by atoms with Gasteiger partial charge >= 0.3 is 0 Å². The molecule has 4 aliphatic rings. The van der Waals surface area contributed by atoms with E-state index < -0.39 is 9.84 Å². The van der Waals surface area contributed by atoms with Crippen LogP contribution in [0.15, 0.2) is 23.4 Å². The van der Waals surface area contributed by atoms with Crippen LogP contribution in [0, 0.1) is 5.92 Å². The predicted octanol–water partition coefficient (Wildman–Crippen LogP) is 2.16. The van der Waals surface area contributed by atoms with Crippen LogP contribution in [0.2, 0.25) is 0 Å². The second-order valence-electron chi connectivity index (χ2n) is 10.6. The molecular weight excluding hydrogens is 494 g/mol. The number of rotatable bonds is 5. The van der Waals surface area contributed by atoms with Crippen LogP contribution in [0.5, 0.6) is 0 Å². The van der Waals surface area contributed by atoms with Gasteiger partial charge in [0.2, 0.25) is 9.84 Å². The van der Waals surface area contributed by atoms with Crippen molar-refractivity contribution in [2.45, 2.75) is 48.9 Å². The van der Waals surface area contributed by atoms with Gasteiger partial charge in [-0.3, -0.25) is 9.48 Å². The molecule has 0 N–H and O–H groups in total. The number of hydrogen-bond donors (Lipinski definition) is 0. The maximum atomic E-state index is 13.6. The van der Waals surface area contributed by atoms with E-state index in [9.17, 15) is 13.2 Å². The van der Waals surface area contributed by atoms with Crippen LogP contribution in [-0.4, -0.2) is 98.0 Å². The molecule has 200 valence electrons. The summed E-state index contributed by atoms with van der Waals surface area (Å²) in [7, 11) is -3.67. The van der Waals surface area contributed by atoms with Crippen molar-refractivity contribution in [1.29, 1.82) is 0 Å². The van der Waals surface area contributed by atoms with Gasteiger partial charge in [-0.25, -0.2) is 13.4 Å². The van der Waals surface area contributed by atoms with E-state index in [2.05, 4.69) is 9.88 Å². The highest BCUT2D eigenvalue weighted by molar-refractivity contribution is 7.90. The Morgan fingerprint density at radius 2 is 1.84 bits per heavy atom. The zero-order valence-corrected chi connectivity index (χ0v) is 22.0. The molecule has 0 aliphatic carbocycles. The number of carbonyl (C=O) groups is 1. The van der Waals surface area contributed by atoms with Gasteiger partial charge in [0.25, 0.3) is 5.91 Å². The molecule has 6 rings (SSSR count). The first-order chi connectivity index (χ1) is 18.0. The van der Waals surface area contributed by atoms with Gasteiger partial charge in [0.05, 0.1) is 30.7 Å². The Morgan fingerprint density at radius 3 is 2.65 bits per heavy atom. The van der Waals surface area contributed by atoms with Crippen LogP contribution in [0.4, 0.5) is 0 Å². The van der Waals surface area contributed by atoms with Gasteiger partial charge in [-0.05, 0) is 63.2 Å². The van der Waals surface area contributed by atoms with E-state index in [4.69, 9.17) is 14.6 Å². The van der Waals surface area contributed by atoms with Gasteiger partial charge < -0.3 is 19.3 Å². The Hall–Kier alpha value is -2.34. The Labute approximate surface area is 217 Å². The minimum atomic E-state index is -3.67. The second kappa shape index (κ2) is 10.4. The smallest absolute Gasteiger partial charge is 0.274 e. The van der Waals surface area contributed by atoms with Crippen molar-refractivity contribution in [3.8, 4) is 11.3 Å². The molecule has 3 saturated heterocycles. The molecule has 0 saturated carbocycles. The zero-order chi connectivity index (χ0) is 25.4. The first-order valence-corrected chi connectivity index (χ1v) is 15.1. The number of amides is 1. The van der Waals surface area contributed by atoms with Crippen molar-refractivity contribution in [3.63, 3.8) is 0 Å². The van der Waals surface area contributed by atoms with Gasteiger partial charge in [-0.15, -0.1) is 0 Å². The van der Waals surface area contributed by atoms with E-state index in [1.54, 1.807) is 17.0 Å². The molecule has 6 heterocycles. The van der Waals surface area contributed by atoms with E-state index in [0.29, 0.717) is 43.3 Å². The van der Waals surface area contributed by atoms with Crippen molar-refractivity contribution < 1.29 is 22.7 Å². The summed E-state index contributed by atoms with van der Waals surface area (Å²) in [4.78, 5) is 22.1. The molecule has 10 nitrogen and oxygen atoms in total. The van der Waals surface area contributed by atoms with Crippen LogP contribution >= 0.6 is 0 Å². The first-order valence-electron chi connectivity index (χ1n) is 13.5. The fourth-order valence-corrected chi connectivity index (χ4v) is 7.67. The highest BCUT2D eigenvalue weighted by Gasteiger charge is 2.39. The van der Waals surface area contributed by atoms with E-state index in [0.717, 1.165) is 64.2 Å². The highest BCUT2D eigenvalue weighted by atomic mass is 32.2. The number of nitrogens with zero attached hydrogens (tertiary/aromatic N) is 5. The minimum absolute atomic E-state index is 0.0669. The summed E-state index contributed by atoms with van der Waals surface area (Å²) >= 11 is 0. The number of hydrogen-bond acceptors (Lipinski definition) is 8.